The predicted molar refractivity (Wildman–Crippen MR) is 91.5 cm³/mol. The van der Waals surface area contributed by atoms with Crippen molar-refractivity contribution in [3.8, 4) is 17.2 Å². The number of aryl methyl sites for hydroxylation is 1. The molecule has 0 bridgehead atoms. The summed E-state index contributed by atoms with van der Waals surface area (Å²) in [6.45, 7) is 0.827. The number of carbonyl (C=O) groups excluding carboxylic acids is 1. The van der Waals surface area contributed by atoms with Gasteiger partial charge in [0.2, 0.25) is 5.75 Å². The maximum absolute atomic E-state index is 12.3. The zero-order valence-electron chi connectivity index (χ0n) is 14.4. The van der Waals surface area contributed by atoms with E-state index in [0.29, 0.717) is 42.3 Å². The van der Waals surface area contributed by atoms with Gasteiger partial charge >= 0.3 is 0 Å². The average Bonchev–Trinajstić information content (AvgIpc) is 2.64. The Bertz CT molecular complexity index is 763. The fraction of sp³-hybridized carbons (Fsp3) is 0.353. The van der Waals surface area contributed by atoms with E-state index in [-0.39, 0.29) is 11.5 Å². The Morgan fingerprint density at radius 1 is 1.16 bits per heavy atom. The molecular weight excluding hydrogens is 326 g/mol. The minimum atomic E-state index is -0.271. The molecular formula is C17H21N3O5. The molecule has 0 aliphatic carbocycles. The van der Waals surface area contributed by atoms with Gasteiger partial charge in [-0.15, -0.1) is 0 Å². The monoisotopic (exact) mass is 347 g/mol. The molecule has 0 fully saturated rings. The maximum Gasteiger partial charge on any atom is 0.266 e. The molecule has 0 spiro atoms. The fourth-order valence-corrected chi connectivity index (χ4v) is 2.30. The van der Waals surface area contributed by atoms with Crippen LogP contribution < -0.4 is 25.1 Å². The topological polar surface area (TPSA) is 91.7 Å². The zero-order chi connectivity index (χ0) is 18.2. The van der Waals surface area contributed by atoms with Gasteiger partial charge in [0, 0.05) is 30.9 Å². The summed E-state index contributed by atoms with van der Waals surface area (Å²) in [5.74, 6) is 0.975. The number of amides is 1. The summed E-state index contributed by atoms with van der Waals surface area (Å²) in [7, 11) is 4.48. The summed E-state index contributed by atoms with van der Waals surface area (Å²) in [6.07, 6.45) is 2.13. The van der Waals surface area contributed by atoms with Crippen molar-refractivity contribution in [3.63, 3.8) is 0 Å². The molecule has 8 heteroatoms. The predicted octanol–water partition coefficient (Wildman–Crippen LogP) is 1.09. The average molecular weight is 347 g/mol. The number of rotatable bonds is 8. The lowest BCUT2D eigenvalue weighted by atomic mass is 10.1. The van der Waals surface area contributed by atoms with E-state index in [0.717, 1.165) is 0 Å². The van der Waals surface area contributed by atoms with Crippen LogP contribution in [-0.2, 0) is 6.54 Å². The van der Waals surface area contributed by atoms with Gasteiger partial charge in [-0.3, -0.25) is 9.59 Å². The van der Waals surface area contributed by atoms with Crippen molar-refractivity contribution in [2.75, 3.05) is 27.9 Å². The molecule has 1 aromatic carbocycles. The summed E-state index contributed by atoms with van der Waals surface area (Å²) in [6, 6.07) is 6.20. The van der Waals surface area contributed by atoms with Crippen LogP contribution in [0.5, 0.6) is 17.2 Å². The minimum absolute atomic E-state index is 0.168. The van der Waals surface area contributed by atoms with Gasteiger partial charge in [-0.25, -0.2) is 4.68 Å². The number of ether oxygens (including phenoxy) is 3. The fourth-order valence-electron chi connectivity index (χ4n) is 2.30. The van der Waals surface area contributed by atoms with Crippen LogP contribution in [0.25, 0.3) is 0 Å². The van der Waals surface area contributed by atoms with E-state index in [2.05, 4.69) is 10.4 Å². The molecule has 0 unspecified atom stereocenters. The Hall–Kier alpha value is -3.03. The summed E-state index contributed by atoms with van der Waals surface area (Å²) in [5.41, 5.74) is 0.225. The van der Waals surface area contributed by atoms with E-state index in [1.807, 2.05) is 0 Å². The van der Waals surface area contributed by atoms with E-state index in [9.17, 15) is 9.59 Å². The third-order valence-corrected chi connectivity index (χ3v) is 3.54. The van der Waals surface area contributed by atoms with E-state index in [1.165, 1.54) is 32.1 Å². The largest absolute Gasteiger partial charge is 0.493 e. The van der Waals surface area contributed by atoms with Crippen LogP contribution in [0, 0.1) is 0 Å². The first-order valence-electron chi connectivity index (χ1n) is 7.71. The first-order chi connectivity index (χ1) is 12.1. The Kier molecular flexibility index (Phi) is 6.39. The molecule has 2 rings (SSSR count). The van der Waals surface area contributed by atoms with Gasteiger partial charge in [-0.1, -0.05) is 0 Å². The van der Waals surface area contributed by atoms with Crippen LogP contribution in [-0.4, -0.2) is 43.6 Å². The van der Waals surface area contributed by atoms with E-state index < -0.39 is 0 Å². The standard InChI is InChI=1S/C17H21N3O5/c1-23-13-10-12(11-14(24-2)16(13)25-3)17(22)18-7-5-9-20-15(21)6-4-8-19-20/h4,6,8,10-11H,5,7,9H2,1-3H3,(H,18,22). The molecule has 8 nitrogen and oxygen atoms in total. The third-order valence-electron chi connectivity index (χ3n) is 3.54. The Labute approximate surface area is 145 Å². The van der Waals surface area contributed by atoms with Crippen LogP contribution in [0.15, 0.2) is 35.3 Å². The summed E-state index contributed by atoms with van der Waals surface area (Å²) in [4.78, 5) is 23.9. The first-order valence-corrected chi connectivity index (χ1v) is 7.71. The number of nitrogens with one attached hydrogen (secondary N) is 1. The lowest BCUT2D eigenvalue weighted by molar-refractivity contribution is 0.0951. The number of nitrogens with zero attached hydrogens (tertiary/aromatic N) is 2. The van der Waals surface area contributed by atoms with Crippen LogP contribution in [0.1, 0.15) is 16.8 Å². The molecule has 0 radical (unpaired) electrons. The maximum atomic E-state index is 12.3. The normalized spacial score (nSPS) is 10.2. The van der Waals surface area contributed by atoms with Gasteiger partial charge in [0.15, 0.2) is 11.5 Å². The van der Waals surface area contributed by atoms with E-state index >= 15 is 0 Å². The number of methoxy groups -OCH3 is 3. The molecule has 2 aromatic rings. The number of hydrogen-bond donors (Lipinski definition) is 1. The van der Waals surface area contributed by atoms with Crippen molar-refractivity contribution >= 4 is 5.91 Å². The molecule has 25 heavy (non-hydrogen) atoms. The Balaban J connectivity index is 1.99. The molecule has 0 saturated carbocycles. The lowest BCUT2D eigenvalue weighted by Crippen LogP contribution is -2.27. The van der Waals surface area contributed by atoms with Crippen LogP contribution >= 0.6 is 0 Å². The number of benzene rings is 1. The van der Waals surface area contributed by atoms with E-state index in [4.69, 9.17) is 14.2 Å². The van der Waals surface area contributed by atoms with Gasteiger partial charge < -0.3 is 19.5 Å². The van der Waals surface area contributed by atoms with Gasteiger partial charge in [0.25, 0.3) is 11.5 Å². The van der Waals surface area contributed by atoms with Crippen molar-refractivity contribution in [2.45, 2.75) is 13.0 Å². The molecule has 0 atom stereocenters. The van der Waals surface area contributed by atoms with Crippen molar-refractivity contribution in [3.05, 3.63) is 46.4 Å². The number of hydrogen-bond acceptors (Lipinski definition) is 6. The van der Waals surface area contributed by atoms with Crippen LogP contribution in [0.2, 0.25) is 0 Å². The number of aromatic nitrogens is 2. The highest BCUT2D eigenvalue weighted by Gasteiger charge is 2.16. The molecule has 1 amide bonds. The summed E-state index contributed by atoms with van der Waals surface area (Å²) in [5, 5.41) is 6.76. The van der Waals surface area contributed by atoms with Crippen LogP contribution in [0.4, 0.5) is 0 Å². The zero-order valence-corrected chi connectivity index (χ0v) is 14.4. The number of carbonyl (C=O) groups is 1. The van der Waals surface area contributed by atoms with Gasteiger partial charge in [0.1, 0.15) is 0 Å². The molecule has 0 aliphatic heterocycles. The molecule has 1 aromatic heterocycles. The highest BCUT2D eigenvalue weighted by molar-refractivity contribution is 5.95. The second kappa shape index (κ2) is 8.72. The third kappa shape index (κ3) is 4.50. The smallest absolute Gasteiger partial charge is 0.266 e. The highest BCUT2D eigenvalue weighted by atomic mass is 16.5. The molecule has 134 valence electrons. The van der Waals surface area contributed by atoms with Gasteiger partial charge in [0.05, 0.1) is 21.3 Å². The molecule has 1 heterocycles. The molecule has 0 aliphatic rings. The second-order valence-electron chi connectivity index (χ2n) is 5.11. The van der Waals surface area contributed by atoms with E-state index in [1.54, 1.807) is 24.4 Å². The van der Waals surface area contributed by atoms with Crippen molar-refractivity contribution < 1.29 is 19.0 Å². The van der Waals surface area contributed by atoms with Crippen LogP contribution in [0.3, 0.4) is 0 Å². The van der Waals surface area contributed by atoms with Crippen molar-refractivity contribution in [2.24, 2.45) is 0 Å². The quantitative estimate of drug-likeness (QED) is 0.719. The molecule has 1 N–H and O–H groups in total. The Morgan fingerprint density at radius 3 is 2.40 bits per heavy atom. The summed E-state index contributed by atoms with van der Waals surface area (Å²) >= 11 is 0. The van der Waals surface area contributed by atoms with Gasteiger partial charge in [-0.05, 0) is 24.6 Å². The minimum Gasteiger partial charge on any atom is -0.493 e. The lowest BCUT2D eigenvalue weighted by Gasteiger charge is -2.14. The second-order valence-corrected chi connectivity index (χ2v) is 5.11. The SMILES string of the molecule is COc1cc(C(=O)NCCCn2ncccc2=O)cc(OC)c1OC. The first kappa shape index (κ1) is 18.3. The molecule has 0 saturated heterocycles. The van der Waals surface area contributed by atoms with Gasteiger partial charge in [-0.2, -0.15) is 5.10 Å². The Morgan fingerprint density at radius 2 is 1.84 bits per heavy atom. The van der Waals surface area contributed by atoms with Crippen molar-refractivity contribution in [1.82, 2.24) is 15.1 Å². The summed E-state index contributed by atoms with van der Waals surface area (Å²) < 4.78 is 17.1. The van der Waals surface area contributed by atoms with Crippen molar-refractivity contribution in [1.29, 1.82) is 0 Å². The highest BCUT2D eigenvalue weighted by Crippen LogP contribution is 2.38.